The van der Waals surface area contributed by atoms with Crippen molar-refractivity contribution in [1.29, 1.82) is 0 Å². The Morgan fingerprint density at radius 1 is 1.22 bits per heavy atom. The second-order valence-corrected chi connectivity index (χ2v) is 7.09. The van der Waals surface area contributed by atoms with Crippen molar-refractivity contribution in [3.63, 3.8) is 0 Å². The number of thioether (sulfide) groups is 1. The van der Waals surface area contributed by atoms with E-state index in [4.69, 9.17) is 10.2 Å². The number of rotatable bonds is 9. The van der Waals surface area contributed by atoms with Gasteiger partial charge in [0.15, 0.2) is 5.16 Å². The predicted molar refractivity (Wildman–Crippen MR) is 102 cm³/mol. The van der Waals surface area contributed by atoms with Crippen LogP contribution in [0.3, 0.4) is 0 Å². The van der Waals surface area contributed by atoms with Crippen molar-refractivity contribution in [3.05, 3.63) is 46.4 Å². The standard InChI is InChI=1S/C18H21N5O3S/c1-12-21-22-16(26-12)11-27-18-20-14-8-5-4-7-13(14)17(25)23(18)10-6-2-3-9-15(19)24/h4-5,7-8H,2-3,6,9-11H2,1H3,(H2,19,24). The molecule has 2 N–H and O–H groups in total. The molecule has 0 bridgehead atoms. The van der Waals surface area contributed by atoms with E-state index < -0.39 is 0 Å². The van der Waals surface area contributed by atoms with Crippen molar-refractivity contribution in [2.75, 3.05) is 0 Å². The molecule has 0 aliphatic rings. The Morgan fingerprint density at radius 3 is 2.78 bits per heavy atom. The van der Waals surface area contributed by atoms with E-state index in [0.717, 1.165) is 19.3 Å². The maximum atomic E-state index is 12.9. The fourth-order valence-corrected chi connectivity index (χ4v) is 3.59. The molecule has 9 heteroatoms. The van der Waals surface area contributed by atoms with Gasteiger partial charge in [-0.25, -0.2) is 4.98 Å². The maximum Gasteiger partial charge on any atom is 0.262 e. The number of nitrogens with zero attached hydrogens (tertiary/aromatic N) is 4. The zero-order chi connectivity index (χ0) is 19.2. The molecule has 0 aliphatic heterocycles. The van der Waals surface area contributed by atoms with E-state index in [0.29, 0.717) is 46.6 Å². The van der Waals surface area contributed by atoms with E-state index >= 15 is 0 Å². The van der Waals surface area contributed by atoms with Crippen LogP contribution in [0.2, 0.25) is 0 Å². The Kier molecular flexibility index (Phi) is 6.23. The number of primary amides is 1. The number of unbranched alkanes of at least 4 members (excludes halogenated alkanes) is 2. The van der Waals surface area contributed by atoms with Crippen molar-refractivity contribution in [3.8, 4) is 0 Å². The van der Waals surface area contributed by atoms with Gasteiger partial charge in [-0.2, -0.15) is 0 Å². The highest BCUT2D eigenvalue weighted by Gasteiger charge is 2.13. The van der Waals surface area contributed by atoms with Gasteiger partial charge in [0.1, 0.15) is 0 Å². The van der Waals surface area contributed by atoms with E-state index in [1.807, 2.05) is 18.2 Å². The van der Waals surface area contributed by atoms with Gasteiger partial charge in [-0.05, 0) is 25.0 Å². The van der Waals surface area contributed by atoms with Crippen molar-refractivity contribution in [2.24, 2.45) is 5.73 Å². The van der Waals surface area contributed by atoms with Crippen LogP contribution >= 0.6 is 11.8 Å². The lowest BCUT2D eigenvalue weighted by molar-refractivity contribution is -0.118. The summed E-state index contributed by atoms with van der Waals surface area (Å²) in [5.74, 6) is 1.13. The summed E-state index contributed by atoms with van der Waals surface area (Å²) < 4.78 is 7.08. The number of benzene rings is 1. The summed E-state index contributed by atoms with van der Waals surface area (Å²) in [6.45, 7) is 2.26. The first kappa shape index (κ1) is 19.1. The molecule has 3 rings (SSSR count). The number of fused-ring (bicyclic) bond motifs is 1. The molecule has 142 valence electrons. The number of para-hydroxylation sites is 1. The minimum absolute atomic E-state index is 0.0697. The molecule has 3 aromatic rings. The number of amides is 1. The first-order chi connectivity index (χ1) is 13.0. The van der Waals surface area contributed by atoms with E-state index in [1.54, 1.807) is 17.6 Å². The lowest BCUT2D eigenvalue weighted by Gasteiger charge is -2.12. The molecular formula is C18H21N5O3S. The van der Waals surface area contributed by atoms with E-state index in [1.165, 1.54) is 11.8 Å². The van der Waals surface area contributed by atoms with Crippen molar-refractivity contribution >= 4 is 28.6 Å². The average molecular weight is 387 g/mol. The summed E-state index contributed by atoms with van der Waals surface area (Å²) in [5.41, 5.74) is 5.76. The zero-order valence-corrected chi connectivity index (χ0v) is 15.9. The van der Waals surface area contributed by atoms with Gasteiger partial charge >= 0.3 is 0 Å². The Labute approximate surface area is 160 Å². The number of carbonyl (C=O) groups excluding carboxylic acids is 1. The molecular weight excluding hydrogens is 366 g/mol. The molecule has 1 aromatic carbocycles. The van der Waals surface area contributed by atoms with Crippen LogP contribution in [0.5, 0.6) is 0 Å². The van der Waals surface area contributed by atoms with Gasteiger partial charge in [-0.15, -0.1) is 10.2 Å². The maximum absolute atomic E-state index is 12.9. The summed E-state index contributed by atoms with van der Waals surface area (Å²) in [7, 11) is 0. The van der Waals surface area contributed by atoms with Gasteiger partial charge in [-0.1, -0.05) is 30.3 Å². The van der Waals surface area contributed by atoms with E-state index in [2.05, 4.69) is 15.2 Å². The normalized spacial score (nSPS) is 11.1. The smallest absolute Gasteiger partial charge is 0.262 e. The van der Waals surface area contributed by atoms with Crippen LogP contribution < -0.4 is 11.3 Å². The van der Waals surface area contributed by atoms with Gasteiger partial charge in [0.05, 0.1) is 16.7 Å². The Hall–Kier alpha value is -2.68. The van der Waals surface area contributed by atoms with Crippen LogP contribution in [-0.2, 0) is 17.1 Å². The van der Waals surface area contributed by atoms with Crippen LogP contribution in [0.15, 0.2) is 38.6 Å². The fraction of sp³-hybridized carbons (Fsp3) is 0.389. The number of aromatic nitrogens is 4. The molecule has 0 saturated carbocycles. The molecule has 2 aromatic heterocycles. The average Bonchev–Trinajstić information content (AvgIpc) is 3.06. The lowest BCUT2D eigenvalue weighted by atomic mass is 10.2. The van der Waals surface area contributed by atoms with Crippen LogP contribution in [0, 0.1) is 6.92 Å². The highest BCUT2D eigenvalue weighted by molar-refractivity contribution is 7.98. The second-order valence-electron chi connectivity index (χ2n) is 6.15. The SMILES string of the molecule is Cc1nnc(CSc2nc3ccccc3c(=O)n2CCCCCC(N)=O)o1. The Bertz CT molecular complexity index is 998. The minimum Gasteiger partial charge on any atom is -0.425 e. The van der Waals surface area contributed by atoms with Crippen LogP contribution in [0.4, 0.5) is 0 Å². The summed E-state index contributed by atoms with van der Waals surface area (Å²) in [4.78, 5) is 28.4. The quantitative estimate of drug-likeness (QED) is 0.340. The minimum atomic E-state index is -0.300. The van der Waals surface area contributed by atoms with Gasteiger partial charge in [0.25, 0.3) is 5.56 Å². The van der Waals surface area contributed by atoms with Crippen LogP contribution in [-0.4, -0.2) is 25.7 Å². The largest absolute Gasteiger partial charge is 0.425 e. The molecule has 0 fully saturated rings. The molecule has 0 saturated heterocycles. The first-order valence-corrected chi connectivity index (χ1v) is 9.73. The highest BCUT2D eigenvalue weighted by Crippen LogP contribution is 2.22. The van der Waals surface area contributed by atoms with E-state index in [-0.39, 0.29) is 11.5 Å². The van der Waals surface area contributed by atoms with Crippen LogP contribution in [0.25, 0.3) is 10.9 Å². The summed E-state index contributed by atoms with van der Waals surface area (Å²) in [6, 6.07) is 7.30. The van der Waals surface area contributed by atoms with Crippen molar-refractivity contribution in [1.82, 2.24) is 19.7 Å². The van der Waals surface area contributed by atoms with Crippen molar-refractivity contribution < 1.29 is 9.21 Å². The number of carbonyl (C=O) groups is 1. The molecule has 1 amide bonds. The summed E-state index contributed by atoms with van der Waals surface area (Å²) in [6.07, 6.45) is 2.66. The molecule has 0 unspecified atom stereocenters. The molecule has 2 heterocycles. The third-order valence-electron chi connectivity index (χ3n) is 4.02. The summed E-state index contributed by atoms with van der Waals surface area (Å²) >= 11 is 1.39. The number of aryl methyl sites for hydroxylation is 1. The lowest BCUT2D eigenvalue weighted by Crippen LogP contribution is -2.23. The number of nitrogens with two attached hydrogens (primary N) is 1. The molecule has 0 aliphatic carbocycles. The zero-order valence-electron chi connectivity index (χ0n) is 15.1. The Morgan fingerprint density at radius 2 is 2.04 bits per heavy atom. The summed E-state index contributed by atoms with van der Waals surface area (Å²) in [5, 5.41) is 9.00. The molecule has 27 heavy (non-hydrogen) atoms. The van der Waals surface area contributed by atoms with Crippen LogP contribution in [0.1, 0.15) is 37.5 Å². The molecule has 0 radical (unpaired) electrons. The third-order valence-corrected chi connectivity index (χ3v) is 4.99. The van der Waals surface area contributed by atoms with Gasteiger partial charge < -0.3 is 10.2 Å². The third kappa shape index (κ3) is 4.94. The fourth-order valence-electron chi connectivity index (χ4n) is 2.72. The predicted octanol–water partition coefficient (Wildman–Crippen LogP) is 2.43. The van der Waals surface area contributed by atoms with Gasteiger partial charge in [0, 0.05) is 19.9 Å². The highest BCUT2D eigenvalue weighted by atomic mass is 32.2. The number of hydrogen-bond acceptors (Lipinski definition) is 7. The van der Waals surface area contributed by atoms with E-state index in [9.17, 15) is 9.59 Å². The molecule has 0 spiro atoms. The Balaban J connectivity index is 1.80. The van der Waals surface area contributed by atoms with Gasteiger partial charge in [0.2, 0.25) is 17.7 Å². The van der Waals surface area contributed by atoms with Crippen molar-refractivity contribution in [2.45, 2.75) is 50.1 Å². The second kappa shape index (κ2) is 8.81. The molecule has 0 atom stereocenters. The number of hydrogen-bond donors (Lipinski definition) is 1. The first-order valence-electron chi connectivity index (χ1n) is 8.74. The topological polar surface area (TPSA) is 117 Å². The molecule has 8 nitrogen and oxygen atoms in total. The monoisotopic (exact) mass is 387 g/mol. The van der Waals surface area contributed by atoms with Gasteiger partial charge in [-0.3, -0.25) is 14.2 Å².